The van der Waals surface area contributed by atoms with Gasteiger partial charge in [-0.2, -0.15) is 0 Å². The summed E-state index contributed by atoms with van der Waals surface area (Å²) in [5, 5.41) is 13.5. The van der Waals surface area contributed by atoms with Crippen LogP contribution in [0.5, 0.6) is 0 Å². The molecule has 248 valence electrons. The molecule has 3 atom stereocenters. The quantitative estimate of drug-likeness (QED) is 0.412. The Morgan fingerprint density at radius 3 is 2.33 bits per heavy atom. The van der Waals surface area contributed by atoms with Gasteiger partial charge in [0.2, 0.25) is 11.8 Å². The number of aryl methyl sites for hydroxylation is 1. The van der Waals surface area contributed by atoms with Crippen molar-refractivity contribution in [2.75, 3.05) is 33.2 Å². The first-order valence-corrected chi connectivity index (χ1v) is 15.1. The molecule has 2 N–H and O–H groups in total. The number of imidazole rings is 1. The molecule has 12 nitrogen and oxygen atoms in total. The zero-order valence-electron chi connectivity index (χ0n) is 27.5. The molecular formula is C32H47FN6O6. The van der Waals surface area contributed by atoms with Crippen molar-refractivity contribution in [2.45, 2.75) is 78.2 Å². The highest BCUT2D eigenvalue weighted by Crippen LogP contribution is 2.27. The van der Waals surface area contributed by atoms with Crippen LogP contribution in [0.2, 0.25) is 0 Å². The minimum Gasteiger partial charge on any atom is -0.444 e. The number of nitrogens with zero attached hydrogens (tertiary/aromatic N) is 5. The standard InChI is InChI=1S/C32H47FN6O6/c1-31(2,3)27(35-26(41)19-37(8)30(44)45-32(4,5)6)29(43)39-17-24(40)15-23(39)16-38(28(42)25-18-36(7)20-34-25)14-13-21-9-11-22(33)12-10-21/h9-12,18,20,23-24,27,40H,13-17,19H2,1-8H3,(H,35,41). The number of carbonyl (C=O) groups is 4. The summed E-state index contributed by atoms with van der Waals surface area (Å²) in [6.45, 7) is 10.7. The van der Waals surface area contributed by atoms with E-state index in [0.29, 0.717) is 6.42 Å². The van der Waals surface area contributed by atoms with Crippen LogP contribution in [0.1, 0.15) is 64.0 Å². The molecule has 13 heteroatoms. The van der Waals surface area contributed by atoms with E-state index in [2.05, 4.69) is 10.3 Å². The Bertz CT molecular complexity index is 1350. The normalized spacial score (nSPS) is 17.5. The Morgan fingerprint density at radius 1 is 1.13 bits per heavy atom. The number of aliphatic hydroxyl groups is 1. The minimum atomic E-state index is -0.982. The van der Waals surface area contributed by atoms with Crippen molar-refractivity contribution >= 4 is 23.8 Å². The molecule has 1 fully saturated rings. The van der Waals surface area contributed by atoms with E-state index in [1.165, 1.54) is 30.4 Å². The van der Waals surface area contributed by atoms with Crippen LogP contribution >= 0.6 is 0 Å². The number of rotatable bonds is 10. The second-order valence-corrected chi connectivity index (χ2v) is 13.8. The molecular weight excluding hydrogens is 583 g/mol. The number of benzene rings is 1. The van der Waals surface area contributed by atoms with Gasteiger partial charge in [-0.15, -0.1) is 0 Å². The number of ether oxygens (including phenoxy) is 1. The van der Waals surface area contributed by atoms with Crippen LogP contribution in [-0.2, 0) is 27.8 Å². The molecule has 1 aromatic carbocycles. The van der Waals surface area contributed by atoms with Crippen molar-refractivity contribution in [1.82, 2.24) is 29.6 Å². The number of aromatic nitrogens is 2. The van der Waals surface area contributed by atoms with Crippen molar-refractivity contribution < 1.29 is 33.4 Å². The van der Waals surface area contributed by atoms with Gasteiger partial charge in [0.1, 0.15) is 29.7 Å². The van der Waals surface area contributed by atoms with E-state index in [0.717, 1.165) is 10.5 Å². The van der Waals surface area contributed by atoms with E-state index >= 15 is 0 Å². The first-order chi connectivity index (χ1) is 20.8. The molecule has 2 aromatic rings. The molecule has 2 heterocycles. The van der Waals surface area contributed by atoms with Crippen molar-refractivity contribution in [2.24, 2.45) is 12.5 Å². The molecule has 1 saturated heterocycles. The molecule has 45 heavy (non-hydrogen) atoms. The third kappa shape index (κ3) is 10.3. The lowest BCUT2D eigenvalue weighted by molar-refractivity contribution is -0.140. The van der Waals surface area contributed by atoms with Crippen LogP contribution in [0.3, 0.4) is 0 Å². The summed E-state index contributed by atoms with van der Waals surface area (Å²) in [6.07, 6.45) is 2.32. The Kier molecular flexibility index (Phi) is 11.4. The molecule has 1 aliphatic rings. The lowest BCUT2D eigenvalue weighted by atomic mass is 9.85. The molecule has 0 aliphatic carbocycles. The lowest BCUT2D eigenvalue weighted by Crippen LogP contribution is -2.58. The maximum absolute atomic E-state index is 14.1. The van der Waals surface area contributed by atoms with Crippen LogP contribution in [0, 0.1) is 11.2 Å². The minimum absolute atomic E-state index is 0.0351. The van der Waals surface area contributed by atoms with Gasteiger partial charge in [-0.3, -0.25) is 14.4 Å². The predicted octanol–water partition coefficient (Wildman–Crippen LogP) is 2.60. The fourth-order valence-corrected chi connectivity index (χ4v) is 5.11. The average molecular weight is 631 g/mol. The molecule has 0 bridgehead atoms. The monoisotopic (exact) mass is 630 g/mol. The van der Waals surface area contributed by atoms with Crippen molar-refractivity contribution in [3.05, 3.63) is 53.9 Å². The zero-order valence-corrected chi connectivity index (χ0v) is 27.5. The smallest absolute Gasteiger partial charge is 0.410 e. The summed E-state index contributed by atoms with van der Waals surface area (Å²) in [7, 11) is 3.19. The third-order valence-electron chi connectivity index (χ3n) is 7.41. The number of amides is 4. The fraction of sp³-hybridized carbons (Fsp3) is 0.594. The van der Waals surface area contributed by atoms with E-state index in [9.17, 15) is 28.7 Å². The molecule has 0 spiro atoms. The number of hydrogen-bond donors (Lipinski definition) is 2. The van der Waals surface area contributed by atoms with Crippen molar-refractivity contribution in [1.29, 1.82) is 0 Å². The van der Waals surface area contributed by atoms with Gasteiger partial charge in [-0.25, -0.2) is 14.2 Å². The Hall–Kier alpha value is -4.00. The Labute approximate surface area is 264 Å². The first kappa shape index (κ1) is 35.5. The second-order valence-electron chi connectivity index (χ2n) is 13.8. The van der Waals surface area contributed by atoms with Gasteiger partial charge in [-0.05, 0) is 56.7 Å². The zero-order chi connectivity index (χ0) is 33.7. The van der Waals surface area contributed by atoms with Crippen LogP contribution < -0.4 is 5.32 Å². The molecule has 0 saturated carbocycles. The SMILES string of the molecule is CN(CC(=O)NC(C(=O)N1CC(O)CC1CN(CCc1ccc(F)cc1)C(=O)c1cn(C)cn1)C(C)(C)C)C(=O)OC(C)(C)C. The Morgan fingerprint density at radius 2 is 1.78 bits per heavy atom. The lowest BCUT2D eigenvalue weighted by Gasteiger charge is -2.37. The second kappa shape index (κ2) is 14.4. The summed E-state index contributed by atoms with van der Waals surface area (Å²) >= 11 is 0. The molecule has 1 aliphatic heterocycles. The summed E-state index contributed by atoms with van der Waals surface area (Å²) in [4.78, 5) is 61.5. The number of β-amino-alcohol motifs (C(OH)–C–C–N with tert-alkyl or cyclic N) is 1. The summed E-state index contributed by atoms with van der Waals surface area (Å²) in [5.41, 5.74) is -0.382. The van der Waals surface area contributed by atoms with E-state index < -0.39 is 47.1 Å². The van der Waals surface area contributed by atoms with Gasteiger partial charge >= 0.3 is 6.09 Å². The molecule has 3 unspecified atom stereocenters. The Balaban J connectivity index is 1.79. The van der Waals surface area contributed by atoms with Crippen LogP contribution in [0.15, 0.2) is 36.8 Å². The highest BCUT2D eigenvalue weighted by Gasteiger charge is 2.43. The number of likely N-dealkylation sites (tertiary alicyclic amines) is 1. The number of halogens is 1. The molecule has 0 radical (unpaired) electrons. The number of likely N-dealkylation sites (N-methyl/N-ethyl adjacent to an activating group) is 1. The highest BCUT2D eigenvalue weighted by molar-refractivity contribution is 5.92. The maximum atomic E-state index is 14.1. The van der Waals surface area contributed by atoms with Gasteiger partial charge in [0.15, 0.2) is 0 Å². The number of hydrogen-bond acceptors (Lipinski definition) is 7. The largest absolute Gasteiger partial charge is 0.444 e. The average Bonchev–Trinajstić information content (AvgIpc) is 3.53. The maximum Gasteiger partial charge on any atom is 0.410 e. The summed E-state index contributed by atoms with van der Waals surface area (Å²) < 4.78 is 20.4. The molecule has 1 aromatic heterocycles. The van der Waals surface area contributed by atoms with Gasteiger partial charge in [0.05, 0.1) is 18.5 Å². The fourth-order valence-electron chi connectivity index (χ4n) is 5.11. The number of carbonyl (C=O) groups excluding carboxylic acids is 4. The number of nitrogens with one attached hydrogen (secondary N) is 1. The van der Waals surface area contributed by atoms with Crippen LogP contribution in [-0.4, -0.2) is 110 Å². The molecule has 3 rings (SSSR count). The topological polar surface area (TPSA) is 137 Å². The van der Waals surface area contributed by atoms with Crippen molar-refractivity contribution in [3.8, 4) is 0 Å². The van der Waals surface area contributed by atoms with E-state index in [1.54, 1.807) is 55.6 Å². The third-order valence-corrected chi connectivity index (χ3v) is 7.41. The number of aliphatic hydroxyl groups excluding tert-OH is 1. The van der Waals surface area contributed by atoms with E-state index in [1.807, 2.05) is 20.8 Å². The van der Waals surface area contributed by atoms with Gasteiger partial charge < -0.3 is 34.4 Å². The van der Waals surface area contributed by atoms with E-state index in [4.69, 9.17) is 4.74 Å². The highest BCUT2D eigenvalue weighted by atomic mass is 19.1. The van der Waals surface area contributed by atoms with Crippen LogP contribution in [0.25, 0.3) is 0 Å². The van der Waals surface area contributed by atoms with Crippen molar-refractivity contribution in [3.63, 3.8) is 0 Å². The van der Waals surface area contributed by atoms with Gasteiger partial charge in [-0.1, -0.05) is 32.9 Å². The van der Waals surface area contributed by atoms with Crippen LogP contribution in [0.4, 0.5) is 9.18 Å². The molecule has 4 amide bonds. The summed E-state index contributed by atoms with van der Waals surface area (Å²) in [6, 6.07) is 4.51. The van der Waals surface area contributed by atoms with Gasteiger partial charge in [0.25, 0.3) is 5.91 Å². The first-order valence-electron chi connectivity index (χ1n) is 15.1. The predicted molar refractivity (Wildman–Crippen MR) is 166 cm³/mol. The van der Waals surface area contributed by atoms with Gasteiger partial charge in [0, 0.05) is 39.9 Å². The van der Waals surface area contributed by atoms with E-state index in [-0.39, 0.29) is 50.0 Å². The summed E-state index contributed by atoms with van der Waals surface area (Å²) in [5.74, 6) is -1.64.